The first-order chi connectivity index (χ1) is 14.8. The van der Waals surface area contributed by atoms with Gasteiger partial charge in [-0.2, -0.15) is 0 Å². The Morgan fingerprint density at radius 3 is 2.58 bits per heavy atom. The molecular formula is C23H30N4O4. The van der Waals surface area contributed by atoms with Gasteiger partial charge in [0.2, 0.25) is 11.8 Å². The second kappa shape index (κ2) is 9.76. The molecule has 2 aromatic heterocycles. The van der Waals surface area contributed by atoms with Crippen molar-refractivity contribution >= 4 is 6.09 Å². The summed E-state index contributed by atoms with van der Waals surface area (Å²) in [4.78, 5) is 27.0. The minimum atomic E-state index is -0.314. The Kier molecular flexibility index (Phi) is 7.09. The number of hydrogen-bond donors (Lipinski definition) is 0. The first kappa shape index (κ1) is 22.5. The van der Waals surface area contributed by atoms with E-state index in [0.29, 0.717) is 29.5 Å². The molecule has 31 heavy (non-hydrogen) atoms. The molecule has 0 saturated carbocycles. The summed E-state index contributed by atoms with van der Waals surface area (Å²) in [5.74, 6) is 1.50. The molecule has 0 N–H and O–H groups in total. The standard InChI is InChI=1S/C23H30N4O4/c1-14(2)29-23(28)27-15(3)9-10-19(27)12-16(4)30-21-17(5)22(26-13-25-21)31-20-8-7-11-24-18(20)6/h7-11,13-16,19H,12H2,1-6H3/t15?,16-,19?/m1/s1. The van der Waals surface area contributed by atoms with E-state index in [9.17, 15) is 4.79 Å². The molecular weight excluding hydrogens is 396 g/mol. The van der Waals surface area contributed by atoms with Crippen molar-refractivity contribution in [3.05, 3.63) is 48.1 Å². The van der Waals surface area contributed by atoms with E-state index in [-0.39, 0.29) is 30.4 Å². The first-order valence-electron chi connectivity index (χ1n) is 10.5. The fraction of sp³-hybridized carbons (Fsp3) is 0.478. The van der Waals surface area contributed by atoms with Crippen LogP contribution in [0.4, 0.5) is 4.79 Å². The number of nitrogens with zero attached hydrogens (tertiary/aromatic N) is 4. The average molecular weight is 427 g/mol. The van der Waals surface area contributed by atoms with Crippen LogP contribution < -0.4 is 9.47 Å². The lowest BCUT2D eigenvalue weighted by Gasteiger charge is -2.30. The molecule has 1 aliphatic heterocycles. The lowest BCUT2D eigenvalue weighted by atomic mass is 10.1. The number of ether oxygens (including phenoxy) is 3. The number of carbonyl (C=O) groups is 1. The van der Waals surface area contributed by atoms with Crippen LogP contribution in [0.15, 0.2) is 36.8 Å². The van der Waals surface area contributed by atoms with E-state index in [1.54, 1.807) is 11.1 Å². The third-order valence-electron chi connectivity index (χ3n) is 5.00. The highest BCUT2D eigenvalue weighted by Gasteiger charge is 2.33. The number of hydrogen-bond acceptors (Lipinski definition) is 7. The van der Waals surface area contributed by atoms with Gasteiger partial charge in [0, 0.05) is 12.6 Å². The fourth-order valence-corrected chi connectivity index (χ4v) is 3.43. The van der Waals surface area contributed by atoms with Crippen LogP contribution in [0.25, 0.3) is 0 Å². The van der Waals surface area contributed by atoms with Crippen molar-refractivity contribution in [1.29, 1.82) is 0 Å². The number of rotatable bonds is 7. The van der Waals surface area contributed by atoms with E-state index < -0.39 is 0 Å². The minimum absolute atomic E-state index is 0.0213. The van der Waals surface area contributed by atoms with Crippen LogP contribution in [0.5, 0.6) is 17.5 Å². The Hall–Kier alpha value is -3.16. The zero-order chi connectivity index (χ0) is 22.5. The molecule has 0 fully saturated rings. The van der Waals surface area contributed by atoms with Crippen LogP contribution in [-0.2, 0) is 4.74 Å². The summed E-state index contributed by atoms with van der Waals surface area (Å²) in [7, 11) is 0. The molecule has 3 heterocycles. The quantitative estimate of drug-likeness (QED) is 0.597. The summed E-state index contributed by atoms with van der Waals surface area (Å²) in [5, 5.41) is 0. The Morgan fingerprint density at radius 1 is 1.13 bits per heavy atom. The lowest BCUT2D eigenvalue weighted by Crippen LogP contribution is -2.43. The van der Waals surface area contributed by atoms with Crippen LogP contribution in [0.1, 0.15) is 45.4 Å². The molecule has 0 spiro atoms. The number of amides is 1. The monoisotopic (exact) mass is 426 g/mol. The van der Waals surface area contributed by atoms with Gasteiger partial charge in [-0.25, -0.2) is 14.8 Å². The third kappa shape index (κ3) is 5.51. The van der Waals surface area contributed by atoms with Crippen molar-refractivity contribution in [2.45, 2.75) is 72.3 Å². The van der Waals surface area contributed by atoms with Crippen LogP contribution in [0.2, 0.25) is 0 Å². The van der Waals surface area contributed by atoms with E-state index in [0.717, 1.165) is 5.69 Å². The molecule has 0 saturated heterocycles. The molecule has 0 radical (unpaired) electrons. The molecule has 166 valence electrons. The molecule has 3 atom stereocenters. The Morgan fingerprint density at radius 2 is 1.87 bits per heavy atom. The van der Waals surface area contributed by atoms with Crippen molar-refractivity contribution in [3.63, 3.8) is 0 Å². The van der Waals surface area contributed by atoms with Crippen molar-refractivity contribution < 1.29 is 19.0 Å². The summed E-state index contributed by atoms with van der Waals surface area (Å²) in [6.07, 6.45) is 7.09. The van der Waals surface area contributed by atoms with Crippen molar-refractivity contribution in [3.8, 4) is 17.5 Å². The van der Waals surface area contributed by atoms with Gasteiger partial charge in [-0.05, 0) is 53.7 Å². The highest BCUT2D eigenvalue weighted by molar-refractivity contribution is 5.70. The molecule has 3 rings (SSSR count). The van der Waals surface area contributed by atoms with Gasteiger partial charge in [0.15, 0.2) is 5.75 Å². The Balaban J connectivity index is 1.68. The number of aromatic nitrogens is 3. The molecule has 8 nitrogen and oxygen atoms in total. The molecule has 1 amide bonds. The fourth-order valence-electron chi connectivity index (χ4n) is 3.43. The molecule has 0 aliphatic carbocycles. The van der Waals surface area contributed by atoms with Crippen molar-refractivity contribution in [2.24, 2.45) is 0 Å². The van der Waals surface area contributed by atoms with Gasteiger partial charge in [0.25, 0.3) is 0 Å². The van der Waals surface area contributed by atoms with Crippen LogP contribution in [-0.4, -0.2) is 50.2 Å². The average Bonchev–Trinajstić information content (AvgIpc) is 3.06. The van der Waals surface area contributed by atoms with E-state index in [2.05, 4.69) is 15.0 Å². The van der Waals surface area contributed by atoms with E-state index >= 15 is 0 Å². The predicted octanol–water partition coefficient (Wildman–Crippen LogP) is 4.61. The van der Waals surface area contributed by atoms with Crippen molar-refractivity contribution in [2.75, 3.05) is 0 Å². The maximum atomic E-state index is 12.5. The molecule has 2 unspecified atom stereocenters. The zero-order valence-corrected chi connectivity index (χ0v) is 18.9. The van der Waals surface area contributed by atoms with Gasteiger partial charge >= 0.3 is 6.09 Å². The summed E-state index contributed by atoms with van der Waals surface area (Å²) in [6.45, 7) is 11.3. The Bertz CT molecular complexity index is 947. The van der Waals surface area contributed by atoms with Crippen LogP contribution in [0, 0.1) is 13.8 Å². The van der Waals surface area contributed by atoms with Crippen LogP contribution >= 0.6 is 0 Å². The van der Waals surface area contributed by atoms with E-state index in [1.165, 1.54) is 6.33 Å². The van der Waals surface area contributed by atoms with E-state index in [1.807, 2.05) is 65.8 Å². The maximum absolute atomic E-state index is 12.5. The lowest BCUT2D eigenvalue weighted by molar-refractivity contribution is 0.0594. The second-order valence-electron chi connectivity index (χ2n) is 7.99. The minimum Gasteiger partial charge on any atom is -0.474 e. The van der Waals surface area contributed by atoms with Gasteiger partial charge in [-0.15, -0.1) is 0 Å². The van der Waals surface area contributed by atoms with Gasteiger partial charge in [0.05, 0.1) is 35.5 Å². The summed E-state index contributed by atoms with van der Waals surface area (Å²) < 4.78 is 17.4. The third-order valence-corrected chi connectivity index (χ3v) is 5.00. The predicted molar refractivity (Wildman–Crippen MR) is 116 cm³/mol. The molecule has 0 bridgehead atoms. The second-order valence-corrected chi connectivity index (χ2v) is 7.99. The topological polar surface area (TPSA) is 86.7 Å². The summed E-state index contributed by atoms with van der Waals surface area (Å²) in [5.41, 5.74) is 1.47. The molecule has 2 aromatic rings. The highest BCUT2D eigenvalue weighted by Crippen LogP contribution is 2.30. The summed E-state index contributed by atoms with van der Waals surface area (Å²) in [6, 6.07) is 3.52. The number of carbonyl (C=O) groups excluding carboxylic acids is 1. The number of pyridine rings is 1. The Labute approximate surface area is 183 Å². The smallest absolute Gasteiger partial charge is 0.411 e. The van der Waals surface area contributed by atoms with E-state index in [4.69, 9.17) is 14.2 Å². The normalized spacial score (nSPS) is 18.9. The molecule has 0 aromatic carbocycles. The van der Waals surface area contributed by atoms with Crippen molar-refractivity contribution in [1.82, 2.24) is 19.9 Å². The highest BCUT2D eigenvalue weighted by atomic mass is 16.6. The largest absolute Gasteiger partial charge is 0.474 e. The SMILES string of the molecule is Cc1ncccc1Oc1ncnc(O[C@H](C)CC2C=CC(C)N2C(=O)OC(C)C)c1C. The van der Waals surface area contributed by atoms with Gasteiger partial charge in [-0.3, -0.25) is 9.88 Å². The first-order valence-corrected chi connectivity index (χ1v) is 10.5. The number of aryl methyl sites for hydroxylation is 1. The van der Waals surface area contributed by atoms with Gasteiger partial charge in [0.1, 0.15) is 6.33 Å². The van der Waals surface area contributed by atoms with Crippen LogP contribution in [0.3, 0.4) is 0 Å². The zero-order valence-electron chi connectivity index (χ0n) is 18.9. The van der Waals surface area contributed by atoms with Gasteiger partial charge in [-0.1, -0.05) is 12.2 Å². The van der Waals surface area contributed by atoms with Gasteiger partial charge < -0.3 is 14.2 Å². The maximum Gasteiger partial charge on any atom is 0.411 e. The molecule has 8 heteroatoms. The summed E-state index contributed by atoms with van der Waals surface area (Å²) >= 11 is 0. The molecule has 1 aliphatic rings.